The van der Waals surface area contributed by atoms with E-state index in [1.165, 1.54) is 12.1 Å². The van der Waals surface area contributed by atoms with Gasteiger partial charge in [-0.3, -0.25) is 14.9 Å². The van der Waals surface area contributed by atoms with Crippen LogP contribution in [-0.2, 0) is 0 Å². The van der Waals surface area contributed by atoms with Crippen LogP contribution in [0.15, 0.2) is 52.0 Å². The van der Waals surface area contributed by atoms with E-state index in [2.05, 4.69) is 26.5 Å². The molecule has 0 unspecified atom stereocenters. The van der Waals surface area contributed by atoms with Crippen LogP contribution in [0.4, 0.5) is 5.69 Å². The third-order valence-corrected chi connectivity index (χ3v) is 4.02. The van der Waals surface area contributed by atoms with Crippen molar-refractivity contribution in [2.24, 2.45) is 5.10 Å². The van der Waals surface area contributed by atoms with Gasteiger partial charge in [0, 0.05) is 16.1 Å². The molecule has 0 fully saturated rings. The highest BCUT2D eigenvalue weighted by molar-refractivity contribution is 9.10. The summed E-state index contributed by atoms with van der Waals surface area (Å²) < 4.78 is 0.646. The Bertz CT molecular complexity index is 808. The third kappa shape index (κ3) is 4.14. The second kappa shape index (κ2) is 7.34. The van der Waals surface area contributed by atoms with Crippen LogP contribution in [0, 0.1) is 10.1 Å². The third-order valence-electron chi connectivity index (χ3n) is 3.00. The molecule has 0 aliphatic heterocycles. The summed E-state index contributed by atoms with van der Waals surface area (Å²) in [5.41, 5.74) is 3.56. The predicted molar refractivity (Wildman–Crippen MR) is 91.9 cm³/mol. The van der Waals surface area contributed by atoms with E-state index in [1.807, 2.05) is 0 Å². The first-order valence-electron chi connectivity index (χ1n) is 6.43. The molecule has 0 aliphatic rings. The quantitative estimate of drug-likeness (QED) is 0.478. The van der Waals surface area contributed by atoms with Crippen LogP contribution in [-0.4, -0.2) is 16.5 Å². The van der Waals surface area contributed by atoms with Crippen molar-refractivity contribution >= 4 is 44.8 Å². The van der Waals surface area contributed by atoms with Crippen LogP contribution in [0.5, 0.6) is 0 Å². The zero-order valence-electron chi connectivity index (χ0n) is 11.9. The van der Waals surface area contributed by atoms with E-state index in [9.17, 15) is 14.9 Å². The van der Waals surface area contributed by atoms with Crippen molar-refractivity contribution in [2.45, 2.75) is 6.92 Å². The summed E-state index contributed by atoms with van der Waals surface area (Å²) in [7, 11) is 0. The molecule has 1 amide bonds. The SMILES string of the molecule is C/C(=N/NC(=O)c1ccccc1Br)c1ccc(Cl)c([N+](=O)[O-])c1. The van der Waals surface area contributed by atoms with Crippen molar-refractivity contribution in [3.63, 3.8) is 0 Å². The maximum atomic E-state index is 12.1. The van der Waals surface area contributed by atoms with Gasteiger partial charge in [-0.05, 0) is 41.1 Å². The van der Waals surface area contributed by atoms with Crippen molar-refractivity contribution in [1.82, 2.24) is 5.43 Å². The fourth-order valence-electron chi connectivity index (χ4n) is 1.78. The predicted octanol–water partition coefficient (Wildman–Crippen LogP) is 4.16. The number of nitro benzene ring substituents is 1. The van der Waals surface area contributed by atoms with Crippen molar-refractivity contribution in [2.75, 3.05) is 0 Å². The van der Waals surface area contributed by atoms with E-state index in [0.29, 0.717) is 21.3 Å². The smallest absolute Gasteiger partial charge is 0.267 e. The van der Waals surface area contributed by atoms with Crippen LogP contribution >= 0.6 is 27.5 Å². The Kier molecular flexibility index (Phi) is 5.46. The molecule has 0 radical (unpaired) electrons. The normalized spacial score (nSPS) is 11.2. The van der Waals surface area contributed by atoms with Gasteiger partial charge in [0.05, 0.1) is 16.2 Å². The van der Waals surface area contributed by atoms with E-state index in [4.69, 9.17) is 11.6 Å². The number of hydrogen-bond donors (Lipinski definition) is 1. The zero-order valence-corrected chi connectivity index (χ0v) is 14.3. The molecule has 8 heteroatoms. The lowest BCUT2D eigenvalue weighted by Crippen LogP contribution is -2.19. The minimum absolute atomic E-state index is 0.0452. The van der Waals surface area contributed by atoms with Gasteiger partial charge in [0.2, 0.25) is 0 Å². The van der Waals surface area contributed by atoms with Gasteiger partial charge in [0.15, 0.2) is 0 Å². The standard InChI is InChI=1S/C15H11BrClN3O3/c1-9(10-6-7-13(17)14(8-10)20(22)23)18-19-15(21)11-4-2-3-5-12(11)16/h2-8H,1H3,(H,19,21)/b18-9-. The lowest BCUT2D eigenvalue weighted by molar-refractivity contribution is -0.384. The van der Waals surface area contributed by atoms with Gasteiger partial charge in [0.25, 0.3) is 11.6 Å². The average Bonchev–Trinajstić information content (AvgIpc) is 2.52. The summed E-state index contributed by atoms with van der Waals surface area (Å²) in [6.45, 7) is 1.63. The number of rotatable bonds is 4. The Balaban J connectivity index is 2.21. The Morgan fingerprint density at radius 1 is 1.30 bits per heavy atom. The topological polar surface area (TPSA) is 84.6 Å². The monoisotopic (exact) mass is 395 g/mol. The molecule has 23 heavy (non-hydrogen) atoms. The molecule has 0 spiro atoms. The molecule has 2 aromatic rings. The Hall–Kier alpha value is -2.25. The summed E-state index contributed by atoms with van der Waals surface area (Å²) in [4.78, 5) is 22.4. The Labute approximate surface area is 145 Å². The lowest BCUT2D eigenvalue weighted by Gasteiger charge is -2.05. The molecule has 0 saturated heterocycles. The minimum Gasteiger partial charge on any atom is -0.267 e. The van der Waals surface area contributed by atoms with Crippen molar-refractivity contribution in [3.8, 4) is 0 Å². The van der Waals surface area contributed by atoms with Crippen molar-refractivity contribution in [1.29, 1.82) is 0 Å². The Morgan fingerprint density at radius 2 is 2.00 bits per heavy atom. The number of hydrogen-bond acceptors (Lipinski definition) is 4. The molecule has 0 atom stereocenters. The summed E-state index contributed by atoms with van der Waals surface area (Å²) in [6, 6.07) is 11.3. The first-order valence-corrected chi connectivity index (χ1v) is 7.60. The summed E-state index contributed by atoms with van der Waals surface area (Å²) >= 11 is 9.05. The van der Waals surface area contributed by atoms with Gasteiger partial charge in [-0.25, -0.2) is 5.43 Å². The number of carbonyl (C=O) groups is 1. The first kappa shape index (κ1) is 17.1. The number of nitrogens with zero attached hydrogens (tertiary/aromatic N) is 2. The fourth-order valence-corrected chi connectivity index (χ4v) is 2.43. The van der Waals surface area contributed by atoms with Crippen LogP contribution in [0.1, 0.15) is 22.8 Å². The van der Waals surface area contributed by atoms with Gasteiger partial charge >= 0.3 is 0 Å². The molecular formula is C15H11BrClN3O3. The average molecular weight is 397 g/mol. The largest absolute Gasteiger partial charge is 0.288 e. The molecule has 0 bridgehead atoms. The van der Waals surface area contributed by atoms with Crippen molar-refractivity contribution < 1.29 is 9.72 Å². The van der Waals surface area contributed by atoms with E-state index in [-0.39, 0.29) is 16.6 Å². The maximum Gasteiger partial charge on any atom is 0.288 e. The van der Waals surface area contributed by atoms with Crippen LogP contribution < -0.4 is 5.43 Å². The molecule has 0 aromatic heterocycles. The van der Waals surface area contributed by atoms with E-state index in [0.717, 1.165) is 0 Å². The van der Waals surface area contributed by atoms with E-state index in [1.54, 1.807) is 37.3 Å². The molecule has 6 nitrogen and oxygen atoms in total. The van der Waals surface area contributed by atoms with Gasteiger partial charge in [-0.15, -0.1) is 0 Å². The lowest BCUT2D eigenvalue weighted by atomic mass is 10.1. The highest BCUT2D eigenvalue weighted by Gasteiger charge is 2.14. The highest BCUT2D eigenvalue weighted by Crippen LogP contribution is 2.25. The summed E-state index contributed by atoms with van der Waals surface area (Å²) in [5, 5.41) is 14.9. The Morgan fingerprint density at radius 3 is 2.65 bits per heavy atom. The van der Waals surface area contributed by atoms with Gasteiger partial charge in [-0.2, -0.15) is 5.10 Å². The second-order valence-corrected chi connectivity index (χ2v) is 5.80. The molecule has 1 N–H and O–H groups in total. The van der Waals surface area contributed by atoms with E-state index < -0.39 is 4.92 Å². The minimum atomic E-state index is -0.571. The molecule has 0 aliphatic carbocycles. The second-order valence-electron chi connectivity index (χ2n) is 4.54. The number of nitrogens with one attached hydrogen (secondary N) is 1. The highest BCUT2D eigenvalue weighted by atomic mass is 79.9. The molecule has 0 saturated carbocycles. The number of halogens is 2. The molecule has 2 rings (SSSR count). The van der Waals surface area contributed by atoms with Crippen LogP contribution in [0.2, 0.25) is 5.02 Å². The molecule has 0 heterocycles. The summed E-state index contributed by atoms with van der Waals surface area (Å²) in [6.07, 6.45) is 0. The zero-order chi connectivity index (χ0) is 17.0. The number of benzene rings is 2. The molecule has 118 valence electrons. The molecular weight excluding hydrogens is 386 g/mol. The van der Waals surface area contributed by atoms with Crippen molar-refractivity contribution in [3.05, 3.63) is 73.2 Å². The fraction of sp³-hybridized carbons (Fsp3) is 0.0667. The number of nitro groups is 1. The van der Waals surface area contributed by atoms with Crippen LogP contribution in [0.25, 0.3) is 0 Å². The van der Waals surface area contributed by atoms with Gasteiger partial charge in [0.1, 0.15) is 5.02 Å². The first-order chi connectivity index (χ1) is 10.9. The maximum absolute atomic E-state index is 12.1. The van der Waals surface area contributed by atoms with E-state index >= 15 is 0 Å². The number of hydrazone groups is 1. The van der Waals surface area contributed by atoms with Crippen LogP contribution in [0.3, 0.4) is 0 Å². The summed E-state index contributed by atoms with van der Waals surface area (Å²) in [5.74, 6) is -0.389. The molecule has 2 aromatic carbocycles. The number of carbonyl (C=O) groups excluding carboxylic acids is 1. The van der Waals surface area contributed by atoms with Gasteiger partial charge in [-0.1, -0.05) is 29.8 Å². The number of amides is 1. The van der Waals surface area contributed by atoms with Gasteiger partial charge < -0.3 is 0 Å².